The zero-order valence-electron chi connectivity index (χ0n) is 8.99. The van der Waals surface area contributed by atoms with Crippen molar-refractivity contribution < 1.29 is 5.11 Å². The Morgan fingerprint density at radius 3 is 2.80 bits per heavy atom. The fourth-order valence-electron chi connectivity index (χ4n) is 1.15. The predicted octanol–water partition coefficient (Wildman–Crippen LogP) is 4.03. The summed E-state index contributed by atoms with van der Waals surface area (Å²) >= 11 is 1.39. The van der Waals surface area contributed by atoms with E-state index >= 15 is 0 Å². The van der Waals surface area contributed by atoms with Crippen LogP contribution in [0.3, 0.4) is 0 Å². The van der Waals surface area contributed by atoms with Crippen LogP contribution in [0, 0.1) is 11.2 Å². The van der Waals surface area contributed by atoms with Gasteiger partial charge in [-0.25, -0.2) is 0 Å². The van der Waals surface area contributed by atoms with E-state index in [0.29, 0.717) is 5.75 Å². The SMILES string of the molecule is CCCCCC#CSc1ccccc1O. The third-order valence-electron chi connectivity index (χ3n) is 2.00. The minimum atomic E-state index is 0.311. The van der Waals surface area contributed by atoms with Crippen molar-refractivity contribution in [1.29, 1.82) is 0 Å². The van der Waals surface area contributed by atoms with Crippen LogP contribution in [0.2, 0.25) is 0 Å². The van der Waals surface area contributed by atoms with Crippen molar-refractivity contribution in [3.63, 3.8) is 0 Å². The van der Waals surface area contributed by atoms with Crippen LogP contribution >= 0.6 is 11.8 Å². The van der Waals surface area contributed by atoms with Crippen LogP contribution in [0.15, 0.2) is 29.2 Å². The van der Waals surface area contributed by atoms with Crippen molar-refractivity contribution in [3.8, 4) is 16.9 Å². The van der Waals surface area contributed by atoms with E-state index in [0.717, 1.165) is 11.3 Å². The molecule has 1 aromatic rings. The van der Waals surface area contributed by atoms with Gasteiger partial charge in [0.1, 0.15) is 5.75 Å². The molecule has 80 valence electrons. The fraction of sp³-hybridized carbons (Fsp3) is 0.385. The first-order chi connectivity index (χ1) is 7.34. The lowest BCUT2D eigenvalue weighted by molar-refractivity contribution is 0.462. The number of hydrogen-bond donors (Lipinski definition) is 1. The van der Waals surface area contributed by atoms with E-state index in [2.05, 4.69) is 18.1 Å². The number of phenols is 1. The number of phenolic OH excluding ortho intramolecular Hbond substituents is 1. The molecule has 0 spiro atoms. The van der Waals surface area contributed by atoms with Gasteiger partial charge < -0.3 is 5.11 Å². The minimum Gasteiger partial charge on any atom is -0.507 e. The molecular weight excluding hydrogens is 204 g/mol. The van der Waals surface area contributed by atoms with Crippen LogP contribution in [0.1, 0.15) is 32.6 Å². The molecule has 1 aromatic carbocycles. The number of aromatic hydroxyl groups is 1. The molecule has 0 aromatic heterocycles. The van der Waals surface area contributed by atoms with E-state index in [-0.39, 0.29) is 0 Å². The van der Waals surface area contributed by atoms with Crippen LogP contribution in [0.5, 0.6) is 5.75 Å². The Kier molecular flexibility index (Phi) is 5.80. The molecular formula is C13H16OS. The fourth-order valence-corrected chi connectivity index (χ4v) is 1.75. The van der Waals surface area contributed by atoms with Gasteiger partial charge in [-0.1, -0.05) is 37.8 Å². The molecule has 2 heteroatoms. The molecule has 0 radical (unpaired) electrons. The second-order valence-corrected chi connectivity index (χ2v) is 4.15. The molecule has 1 rings (SSSR count). The highest BCUT2D eigenvalue weighted by Gasteiger charge is 1.96. The summed E-state index contributed by atoms with van der Waals surface area (Å²) in [6.45, 7) is 2.18. The highest BCUT2D eigenvalue weighted by atomic mass is 32.2. The van der Waals surface area contributed by atoms with Crippen molar-refractivity contribution >= 4 is 11.8 Å². The lowest BCUT2D eigenvalue weighted by Gasteiger charge is -1.96. The molecule has 1 nitrogen and oxygen atoms in total. The summed E-state index contributed by atoms with van der Waals surface area (Å²) in [6.07, 6.45) is 4.60. The zero-order chi connectivity index (χ0) is 10.9. The second kappa shape index (κ2) is 7.25. The lowest BCUT2D eigenvalue weighted by Crippen LogP contribution is -1.71. The maximum atomic E-state index is 9.46. The van der Waals surface area contributed by atoms with Gasteiger partial charge >= 0.3 is 0 Å². The van der Waals surface area contributed by atoms with Crippen molar-refractivity contribution in [3.05, 3.63) is 24.3 Å². The van der Waals surface area contributed by atoms with E-state index in [1.54, 1.807) is 6.07 Å². The van der Waals surface area contributed by atoms with Crippen molar-refractivity contribution in [2.75, 3.05) is 0 Å². The van der Waals surface area contributed by atoms with E-state index in [4.69, 9.17) is 0 Å². The smallest absolute Gasteiger partial charge is 0.130 e. The summed E-state index contributed by atoms with van der Waals surface area (Å²) in [4.78, 5) is 0.834. The zero-order valence-corrected chi connectivity index (χ0v) is 9.81. The highest BCUT2D eigenvalue weighted by molar-refractivity contribution is 8.04. The maximum Gasteiger partial charge on any atom is 0.130 e. The first-order valence-corrected chi connectivity index (χ1v) is 6.09. The highest BCUT2D eigenvalue weighted by Crippen LogP contribution is 2.26. The van der Waals surface area contributed by atoms with Gasteiger partial charge in [-0.05, 0) is 35.6 Å². The molecule has 0 saturated carbocycles. The molecule has 0 saturated heterocycles. The van der Waals surface area contributed by atoms with Crippen LogP contribution in [0.25, 0.3) is 0 Å². The molecule has 0 fully saturated rings. The topological polar surface area (TPSA) is 20.2 Å². The van der Waals surface area contributed by atoms with E-state index < -0.39 is 0 Å². The standard InChI is InChI=1S/C13H16OS/c1-2-3-4-5-8-11-15-13-10-7-6-9-12(13)14/h6-7,9-10,14H,2-5H2,1H3. The second-order valence-electron chi connectivity index (χ2n) is 3.31. The summed E-state index contributed by atoms with van der Waals surface area (Å²) in [5, 5.41) is 12.5. The van der Waals surface area contributed by atoms with E-state index in [1.165, 1.54) is 31.0 Å². The third-order valence-corrected chi connectivity index (χ3v) is 2.82. The molecule has 15 heavy (non-hydrogen) atoms. The van der Waals surface area contributed by atoms with Crippen molar-refractivity contribution in [2.45, 2.75) is 37.5 Å². The number of hydrogen-bond acceptors (Lipinski definition) is 2. The van der Waals surface area contributed by atoms with Crippen LogP contribution in [0.4, 0.5) is 0 Å². The van der Waals surface area contributed by atoms with Crippen LogP contribution in [-0.2, 0) is 0 Å². The summed E-state index contributed by atoms with van der Waals surface area (Å²) < 4.78 is 0. The predicted molar refractivity (Wildman–Crippen MR) is 65.9 cm³/mol. The average molecular weight is 220 g/mol. The van der Waals surface area contributed by atoms with Gasteiger partial charge in [0.05, 0.1) is 4.90 Å². The average Bonchev–Trinajstić information content (AvgIpc) is 2.25. The van der Waals surface area contributed by atoms with Gasteiger partial charge in [0.15, 0.2) is 0 Å². The number of para-hydroxylation sites is 1. The third kappa shape index (κ3) is 4.80. The Hall–Kier alpha value is -1.07. The monoisotopic (exact) mass is 220 g/mol. The van der Waals surface area contributed by atoms with Gasteiger partial charge in [-0.15, -0.1) is 0 Å². The molecule has 0 aliphatic rings. The van der Waals surface area contributed by atoms with Crippen LogP contribution < -0.4 is 0 Å². The van der Waals surface area contributed by atoms with E-state index in [1.807, 2.05) is 18.2 Å². The van der Waals surface area contributed by atoms with Gasteiger partial charge in [0.25, 0.3) is 0 Å². The normalized spacial score (nSPS) is 9.40. The van der Waals surface area contributed by atoms with Crippen LogP contribution in [-0.4, -0.2) is 5.11 Å². The molecule has 0 aliphatic carbocycles. The molecule has 0 bridgehead atoms. The maximum absolute atomic E-state index is 9.46. The number of thioether (sulfide) groups is 1. The Labute approximate surface area is 95.9 Å². The quantitative estimate of drug-likeness (QED) is 0.470. The first kappa shape index (κ1) is 12.0. The number of benzene rings is 1. The molecule has 1 N–H and O–H groups in total. The van der Waals surface area contributed by atoms with Gasteiger partial charge in [0, 0.05) is 6.42 Å². The Balaban J connectivity index is 2.33. The van der Waals surface area contributed by atoms with Crippen molar-refractivity contribution in [2.24, 2.45) is 0 Å². The minimum absolute atomic E-state index is 0.311. The molecule has 0 unspecified atom stereocenters. The van der Waals surface area contributed by atoms with Gasteiger partial charge in [-0.3, -0.25) is 0 Å². The molecule has 0 atom stereocenters. The number of rotatable bonds is 4. The molecule has 0 heterocycles. The largest absolute Gasteiger partial charge is 0.507 e. The summed E-state index contributed by atoms with van der Waals surface area (Å²) in [6, 6.07) is 7.27. The summed E-state index contributed by atoms with van der Waals surface area (Å²) in [5.74, 6) is 3.41. The lowest BCUT2D eigenvalue weighted by atomic mass is 10.2. The summed E-state index contributed by atoms with van der Waals surface area (Å²) in [5.41, 5.74) is 0. The van der Waals surface area contributed by atoms with Gasteiger partial charge in [0.2, 0.25) is 0 Å². The Bertz CT molecular complexity index is 349. The number of unbranched alkanes of at least 4 members (excludes halogenated alkanes) is 3. The molecule has 0 amide bonds. The van der Waals surface area contributed by atoms with Crippen molar-refractivity contribution in [1.82, 2.24) is 0 Å². The Morgan fingerprint density at radius 1 is 1.27 bits per heavy atom. The molecule has 0 aliphatic heterocycles. The van der Waals surface area contributed by atoms with Gasteiger partial charge in [-0.2, -0.15) is 0 Å². The summed E-state index contributed by atoms with van der Waals surface area (Å²) in [7, 11) is 0. The Morgan fingerprint density at radius 2 is 2.07 bits per heavy atom. The van der Waals surface area contributed by atoms with E-state index in [9.17, 15) is 5.11 Å². The first-order valence-electron chi connectivity index (χ1n) is 5.27.